The summed E-state index contributed by atoms with van der Waals surface area (Å²) in [6, 6.07) is 25.5. The van der Waals surface area contributed by atoms with Gasteiger partial charge in [-0.2, -0.15) is 0 Å². The molecule has 0 amide bonds. The fourth-order valence-corrected chi connectivity index (χ4v) is 4.06. The van der Waals surface area contributed by atoms with Crippen molar-refractivity contribution >= 4 is 12.4 Å². The Morgan fingerprint density at radius 2 is 1.48 bits per heavy atom. The topological polar surface area (TPSA) is 30.5 Å². The Hall–Kier alpha value is -2.49. The normalized spacial score (nSPS) is 14.9. The van der Waals surface area contributed by atoms with Crippen molar-refractivity contribution in [2.24, 2.45) is 0 Å². The van der Waals surface area contributed by atoms with Crippen molar-refractivity contribution in [1.82, 2.24) is 5.32 Å². The van der Waals surface area contributed by atoms with Crippen molar-refractivity contribution < 1.29 is 9.47 Å². The van der Waals surface area contributed by atoms with Gasteiger partial charge in [-0.05, 0) is 55.0 Å². The quantitative estimate of drug-likeness (QED) is 0.437. The molecule has 3 aromatic rings. The predicted molar refractivity (Wildman–Crippen MR) is 129 cm³/mol. The fraction of sp³-hybridized carbons (Fsp3) is 0.333. The van der Waals surface area contributed by atoms with Crippen LogP contribution in [0.15, 0.2) is 72.8 Å². The van der Waals surface area contributed by atoms with Gasteiger partial charge in [-0.15, -0.1) is 12.4 Å². The predicted octanol–water partition coefficient (Wildman–Crippen LogP) is 6.12. The fourth-order valence-electron chi connectivity index (χ4n) is 4.06. The minimum absolute atomic E-state index is 0. The molecular weight excluding hydrogens is 406 g/mol. The van der Waals surface area contributed by atoms with Crippen molar-refractivity contribution in [3.63, 3.8) is 0 Å². The van der Waals surface area contributed by atoms with Crippen LogP contribution < -0.4 is 14.8 Å². The molecule has 4 heteroatoms. The number of hydrogen-bond acceptors (Lipinski definition) is 3. The second-order valence-electron chi connectivity index (χ2n) is 7.97. The lowest BCUT2D eigenvalue weighted by Crippen LogP contribution is -2.35. The first kappa shape index (κ1) is 23.2. The highest BCUT2D eigenvalue weighted by atomic mass is 35.5. The van der Waals surface area contributed by atoms with Crippen molar-refractivity contribution in [1.29, 1.82) is 0 Å². The largest absolute Gasteiger partial charge is 0.485 e. The molecule has 3 aromatic carbocycles. The maximum absolute atomic E-state index is 6.38. The van der Waals surface area contributed by atoms with Crippen LogP contribution in [0.2, 0.25) is 0 Å². The van der Waals surface area contributed by atoms with Crippen LogP contribution in [0.4, 0.5) is 0 Å². The van der Waals surface area contributed by atoms with Crippen LogP contribution in [0.5, 0.6) is 11.5 Å². The highest BCUT2D eigenvalue weighted by molar-refractivity contribution is 5.85. The van der Waals surface area contributed by atoms with Gasteiger partial charge in [-0.25, -0.2) is 0 Å². The van der Waals surface area contributed by atoms with E-state index in [0.29, 0.717) is 19.3 Å². The van der Waals surface area contributed by atoms with Crippen LogP contribution >= 0.6 is 12.4 Å². The molecule has 0 radical (unpaired) electrons. The summed E-state index contributed by atoms with van der Waals surface area (Å²) in [6.07, 6.45) is 4.37. The lowest BCUT2D eigenvalue weighted by atomic mass is 9.87. The van der Waals surface area contributed by atoms with Crippen LogP contribution in [-0.4, -0.2) is 12.6 Å². The Labute approximate surface area is 192 Å². The van der Waals surface area contributed by atoms with E-state index in [9.17, 15) is 0 Å². The Morgan fingerprint density at radius 3 is 2.13 bits per heavy atom. The smallest absolute Gasteiger partial charge is 0.165 e. The zero-order valence-corrected chi connectivity index (χ0v) is 19.0. The van der Waals surface area contributed by atoms with E-state index >= 15 is 0 Å². The second-order valence-corrected chi connectivity index (χ2v) is 7.97. The van der Waals surface area contributed by atoms with Gasteiger partial charge in [0.15, 0.2) is 11.5 Å². The molecule has 0 saturated carbocycles. The Kier molecular flexibility index (Phi) is 8.81. The SMILES string of the molecule is CCCN[C@H]1CCc2c(ccc(OCc3ccccc3)c2OCc2ccccc2)C1.Cl. The lowest BCUT2D eigenvalue weighted by Gasteiger charge is -2.28. The first-order chi connectivity index (χ1) is 14.8. The minimum Gasteiger partial charge on any atom is -0.485 e. The monoisotopic (exact) mass is 437 g/mol. The summed E-state index contributed by atoms with van der Waals surface area (Å²) in [7, 11) is 0. The molecule has 164 valence electrons. The summed E-state index contributed by atoms with van der Waals surface area (Å²) in [5, 5.41) is 3.68. The summed E-state index contributed by atoms with van der Waals surface area (Å²) in [6.45, 7) is 4.39. The maximum Gasteiger partial charge on any atom is 0.165 e. The number of fused-ring (bicyclic) bond motifs is 1. The Morgan fingerprint density at radius 1 is 0.839 bits per heavy atom. The number of benzene rings is 3. The van der Waals surface area contributed by atoms with Crippen LogP contribution in [0, 0.1) is 0 Å². The van der Waals surface area contributed by atoms with Gasteiger partial charge >= 0.3 is 0 Å². The zero-order valence-electron chi connectivity index (χ0n) is 18.2. The molecule has 0 fully saturated rings. The van der Waals surface area contributed by atoms with E-state index in [1.165, 1.54) is 23.1 Å². The number of ether oxygens (including phenoxy) is 2. The van der Waals surface area contributed by atoms with Gasteiger partial charge in [0.05, 0.1) is 0 Å². The Balaban J connectivity index is 0.00000272. The molecular formula is C27H32ClNO2. The van der Waals surface area contributed by atoms with Gasteiger partial charge in [0, 0.05) is 11.6 Å². The first-order valence-corrected chi connectivity index (χ1v) is 11.0. The first-order valence-electron chi connectivity index (χ1n) is 11.0. The molecule has 1 N–H and O–H groups in total. The molecule has 0 bridgehead atoms. The third-order valence-electron chi connectivity index (χ3n) is 5.68. The number of halogens is 1. The van der Waals surface area contributed by atoms with E-state index in [1.54, 1.807) is 0 Å². The van der Waals surface area contributed by atoms with Crippen molar-refractivity contribution in [3.05, 3.63) is 95.1 Å². The Bertz CT molecular complexity index is 931. The molecule has 3 nitrogen and oxygen atoms in total. The van der Waals surface area contributed by atoms with Crippen LogP contribution in [-0.2, 0) is 26.1 Å². The van der Waals surface area contributed by atoms with E-state index in [2.05, 4.69) is 60.8 Å². The second kappa shape index (κ2) is 11.8. The third kappa shape index (κ3) is 6.25. The average molecular weight is 438 g/mol. The van der Waals surface area contributed by atoms with E-state index in [4.69, 9.17) is 9.47 Å². The van der Waals surface area contributed by atoms with E-state index in [0.717, 1.165) is 42.9 Å². The summed E-state index contributed by atoms with van der Waals surface area (Å²) in [5.41, 5.74) is 5.02. The highest BCUT2D eigenvalue weighted by Gasteiger charge is 2.24. The van der Waals surface area contributed by atoms with Crippen molar-refractivity contribution in [3.8, 4) is 11.5 Å². The molecule has 0 heterocycles. The molecule has 4 rings (SSSR count). The highest BCUT2D eigenvalue weighted by Crippen LogP contribution is 2.38. The van der Waals surface area contributed by atoms with Crippen molar-refractivity contribution in [2.45, 2.75) is 51.9 Å². The summed E-state index contributed by atoms with van der Waals surface area (Å²) in [5.74, 6) is 1.76. The number of rotatable bonds is 9. The van der Waals surface area contributed by atoms with Gasteiger partial charge in [0.2, 0.25) is 0 Å². The zero-order chi connectivity index (χ0) is 20.6. The molecule has 1 aliphatic rings. The summed E-state index contributed by atoms with van der Waals surface area (Å²) < 4.78 is 12.6. The van der Waals surface area contributed by atoms with Crippen LogP contribution in [0.1, 0.15) is 42.0 Å². The van der Waals surface area contributed by atoms with Crippen LogP contribution in [0.25, 0.3) is 0 Å². The molecule has 1 atom stereocenters. The van der Waals surface area contributed by atoms with Gasteiger partial charge < -0.3 is 14.8 Å². The average Bonchev–Trinajstić information content (AvgIpc) is 2.81. The molecule has 1 aliphatic carbocycles. The number of hydrogen-bond donors (Lipinski definition) is 1. The lowest BCUT2D eigenvalue weighted by molar-refractivity contribution is 0.252. The number of nitrogens with one attached hydrogen (secondary N) is 1. The van der Waals surface area contributed by atoms with Gasteiger partial charge in [-0.3, -0.25) is 0 Å². The van der Waals surface area contributed by atoms with Crippen molar-refractivity contribution in [2.75, 3.05) is 6.54 Å². The summed E-state index contributed by atoms with van der Waals surface area (Å²) >= 11 is 0. The molecule has 0 saturated heterocycles. The third-order valence-corrected chi connectivity index (χ3v) is 5.68. The van der Waals surface area contributed by atoms with E-state index in [1.807, 2.05) is 24.3 Å². The molecule has 0 spiro atoms. The van der Waals surface area contributed by atoms with Gasteiger partial charge in [-0.1, -0.05) is 73.7 Å². The van der Waals surface area contributed by atoms with E-state index in [-0.39, 0.29) is 12.4 Å². The van der Waals surface area contributed by atoms with Crippen LogP contribution in [0.3, 0.4) is 0 Å². The van der Waals surface area contributed by atoms with E-state index < -0.39 is 0 Å². The molecule has 0 unspecified atom stereocenters. The standard InChI is InChI=1S/C27H31NO2.ClH/c1-2-17-28-24-14-15-25-23(18-24)13-16-26(29-19-21-9-5-3-6-10-21)27(25)30-20-22-11-7-4-8-12-22;/h3-13,16,24,28H,2,14-15,17-20H2,1H3;1H/t24-;/m0./s1. The molecule has 31 heavy (non-hydrogen) atoms. The molecule has 0 aromatic heterocycles. The van der Waals surface area contributed by atoms with Gasteiger partial charge in [0.25, 0.3) is 0 Å². The maximum atomic E-state index is 6.38. The van der Waals surface area contributed by atoms with Gasteiger partial charge in [0.1, 0.15) is 13.2 Å². The minimum atomic E-state index is 0. The summed E-state index contributed by atoms with van der Waals surface area (Å²) in [4.78, 5) is 0. The molecule has 0 aliphatic heterocycles.